The average molecular weight is 261 g/mol. The van der Waals surface area contributed by atoms with Gasteiger partial charge in [0.1, 0.15) is 0 Å². The number of methoxy groups -OCH3 is 1. The molecule has 0 aromatic heterocycles. The third kappa shape index (κ3) is 4.63. The minimum absolute atomic E-state index is 0.744. The van der Waals surface area contributed by atoms with Gasteiger partial charge in [0.15, 0.2) is 0 Å². The topological polar surface area (TPSA) is 21.3 Å². The molecule has 1 fully saturated rings. The fourth-order valence-corrected chi connectivity index (χ4v) is 2.75. The molecule has 2 heteroatoms. The predicted octanol–water partition coefficient (Wildman–Crippen LogP) is 3.65. The van der Waals surface area contributed by atoms with E-state index >= 15 is 0 Å². The van der Waals surface area contributed by atoms with Crippen molar-refractivity contribution in [3.63, 3.8) is 0 Å². The Kier molecular flexibility index (Phi) is 5.87. The average Bonchev–Trinajstić information content (AvgIpc) is 2.37. The molecule has 0 unspecified atom stereocenters. The zero-order valence-corrected chi connectivity index (χ0v) is 12.3. The summed E-state index contributed by atoms with van der Waals surface area (Å²) in [6.45, 7) is 4.21. The van der Waals surface area contributed by atoms with Crippen LogP contribution in [-0.2, 0) is 4.74 Å². The zero-order chi connectivity index (χ0) is 13.5. The Bertz CT molecular complexity index is 354. The third-order valence-electron chi connectivity index (χ3n) is 4.15. The van der Waals surface area contributed by atoms with E-state index in [1.54, 1.807) is 7.11 Å². The van der Waals surface area contributed by atoms with Crippen molar-refractivity contribution < 1.29 is 4.74 Å². The standard InChI is InChI=1S/C17H27NO/c1-14-6-8-15(9-7-14)16-12-17(13-16)18-10-4-3-5-11-19-2/h6-9,16-18H,3-5,10-13H2,1-2H3. The molecule has 1 aliphatic carbocycles. The molecule has 0 amide bonds. The van der Waals surface area contributed by atoms with Crippen molar-refractivity contribution >= 4 is 0 Å². The summed E-state index contributed by atoms with van der Waals surface area (Å²) >= 11 is 0. The van der Waals surface area contributed by atoms with Gasteiger partial charge in [0.05, 0.1) is 0 Å². The van der Waals surface area contributed by atoms with Gasteiger partial charge >= 0.3 is 0 Å². The van der Waals surface area contributed by atoms with Crippen molar-refractivity contribution in [2.45, 2.75) is 51.0 Å². The highest BCUT2D eigenvalue weighted by molar-refractivity contribution is 5.26. The Balaban J connectivity index is 1.55. The molecule has 1 aromatic rings. The molecule has 0 radical (unpaired) electrons. The van der Waals surface area contributed by atoms with E-state index in [4.69, 9.17) is 4.74 Å². The molecule has 1 N–H and O–H groups in total. The van der Waals surface area contributed by atoms with Crippen molar-refractivity contribution in [3.8, 4) is 0 Å². The number of hydrogen-bond donors (Lipinski definition) is 1. The van der Waals surface area contributed by atoms with Gasteiger partial charge in [-0.2, -0.15) is 0 Å². The molecular formula is C17H27NO. The van der Waals surface area contributed by atoms with Crippen LogP contribution in [0.3, 0.4) is 0 Å². The Hall–Kier alpha value is -0.860. The molecule has 1 aliphatic rings. The second-order valence-corrected chi connectivity index (χ2v) is 5.78. The lowest BCUT2D eigenvalue weighted by atomic mass is 9.76. The van der Waals surface area contributed by atoms with Crippen molar-refractivity contribution in [1.29, 1.82) is 0 Å². The summed E-state index contributed by atoms with van der Waals surface area (Å²) in [7, 11) is 1.78. The molecule has 0 heterocycles. The first-order valence-electron chi connectivity index (χ1n) is 7.58. The van der Waals surface area contributed by atoms with E-state index in [1.165, 1.54) is 43.2 Å². The maximum Gasteiger partial charge on any atom is 0.0462 e. The lowest BCUT2D eigenvalue weighted by Crippen LogP contribution is -2.40. The van der Waals surface area contributed by atoms with E-state index in [0.29, 0.717) is 0 Å². The third-order valence-corrected chi connectivity index (χ3v) is 4.15. The number of unbranched alkanes of at least 4 members (excludes halogenated alkanes) is 2. The molecule has 106 valence electrons. The quantitative estimate of drug-likeness (QED) is 0.721. The van der Waals surface area contributed by atoms with E-state index in [9.17, 15) is 0 Å². The van der Waals surface area contributed by atoms with E-state index in [-0.39, 0.29) is 0 Å². The van der Waals surface area contributed by atoms with Crippen LogP contribution < -0.4 is 5.32 Å². The molecule has 19 heavy (non-hydrogen) atoms. The van der Waals surface area contributed by atoms with Crippen LogP contribution in [0.25, 0.3) is 0 Å². The first kappa shape index (κ1) is 14.5. The van der Waals surface area contributed by atoms with Gasteiger partial charge in [0.25, 0.3) is 0 Å². The maximum absolute atomic E-state index is 5.05. The van der Waals surface area contributed by atoms with Crippen LogP contribution in [-0.4, -0.2) is 26.3 Å². The second-order valence-electron chi connectivity index (χ2n) is 5.78. The smallest absolute Gasteiger partial charge is 0.0462 e. The summed E-state index contributed by atoms with van der Waals surface area (Å²) in [5.41, 5.74) is 2.87. The molecular weight excluding hydrogens is 234 g/mol. The normalized spacial score (nSPS) is 22.2. The number of nitrogens with one attached hydrogen (secondary N) is 1. The van der Waals surface area contributed by atoms with Gasteiger partial charge in [-0.05, 0) is 57.1 Å². The van der Waals surface area contributed by atoms with E-state index in [2.05, 4.69) is 36.5 Å². The fraction of sp³-hybridized carbons (Fsp3) is 0.647. The summed E-state index contributed by atoms with van der Waals surface area (Å²) in [6.07, 6.45) is 6.35. The summed E-state index contributed by atoms with van der Waals surface area (Å²) in [5.74, 6) is 0.784. The van der Waals surface area contributed by atoms with Gasteiger partial charge in [-0.3, -0.25) is 0 Å². The van der Waals surface area contributed by atoms with Crippen LogP contribution in [0.5, 0.6) is 0 Å². The van der Waals surface area contributed by atoms with E-state index in [1.807, 2.05) is 0 Å². The van der Waals surface area contributed by atoms with Crippen LogP contribution in [0, 0.1) is 6.92 Å². The molecule has 0 saturated heterocycles. The van der Waals surface area contributed by atoms with Crippen molar-refractivity contribution in [2.24, 2.45) is 0 Å². The van der Waals surface area contributed by atoms with Gasteiger partial charge in [0.2, 0.25) is 0 Å². The summed E-state index contributed by atoms with van der Waals surface area (Å²) < 4.78 is 5.05. The highest BCUT2D eigenvalue weighted by Gasteiger charge is 2.29. The van der Waals surface area contributed by atoms with Gasteiger partial charge in [-0.1, -0.05) is 29.8 Å². The van der Waals surface area contributed by atoms with Gasteiger partial charge in [-0.15, -0.1) is 0 Å². The van der Waals surface area contributed by atoms with Gasteiger partial charge < -0.3 is 10.1 Å². The van der Waals surface area contributed by atoms with Crippen LogP contribution >= 0.6 is 0 Å². The number of benzene rings is 1. The first-order chi connectivity index (χ1) is 9.29. The Morgan fingerprint density at radius 1 is 1.11 bits per heavy atom. The molecule has 0 spiro atoms. The molecule has 2 nitrogen and oxygen atoms in total. The Labute approximate surface area is 117 Å². The molecule has 1 saturated carbocycles. The van der Waals surface area contributed by atoms with Crippen molar-refractivity contribution in [1.82, 2.24) is 5.32 Å². The molecule has 0 atom stereocenters. The van der Waals surface area contributed by atoms with Crippen LogP contribution in [0.15, 0.2) is 24.3 Å². The lowest BCUT2D eigenvalue weighted by molar-refractivity contribution is 0.191. The van der Waals surface area contributed by atoms with Crippen molar-refractivity contribution in [3.05, 3.63) is 35.4 Å². The van der Waals surface area contributed by atoms with Crippen LogP contribution in [0.1, 0.15) is 49.1 Å². The number of aryl methyl sites for hydroxylation is 1. The second kappa shape index (κ2) is 7.66. The first-order valence-corrected chi connectivity index (χ1v) is 7.58. The number of ether oxygens (including phenoxy) is 1. The minimum Gasteiger partial charge on any atom is -0.385 e. The Morgan fingerprint density at radius 2 is 1.84 bits per heavy atom. The number of hydrogen-bond acceptors (Lipinski definition) is 2. The minimum atomic E-state index is 0.744. The maximum atomic E-state index is 5.05. The van der Waals surface area contributed by atoms with Gasteiger partial charge in [0, 0.05) is 19.8 Å². The SMILES string of the molecule is COCCCCCNC1CC(c2ccc(C)cc2)C1. The van der Waals surface area contributed by atoms with Crippen LogP contribution in [0.2, 0.25) is 0 Å². The van der Waals surface area contributed by atoms with E-state index < -0.39 is 0 Å². The number of rotatable bonds is 8. The molecule has 1 aromatic carbocycles. The molecule has 2 rings (SSSR count). The largest absolute Gasteiger partial charge is 0.385 e. The van der Waals surface area contributed by atoms with Crippen molar-refractivity contribution in [2.75, 3.05) is 20.3 Å². The Morgan fingerprint density at radius 3 is 2.53 bits per heavy atom. The summed E-state index contributed by atoms with van der Waals surface area (Å²) in [5, 5.41) is 3.67. The fourth-order valence-electron chi connectivity index (χ4n) is 2.75. The zero-order valence-electron chi connectivity index (χ0n) is 12.3. The summed E-state index contributed by atoms with van der Waals surface area (Å²) in [4.78, 5) is 0. The lowest BCUT2D eigenvalue weighted by Gasteiger charge is -2.36. The predicted molar refractivity (Wildman–Crippen MR) is 80.7 cm³/mol. The van der Waals surface area contributed by atoms with Crippen LogP contribution in [0.4, 0.5) is 0 Å². The highest BCUT2D eigenvalue weighted by atomic mass is 16.5. The summed E-state index contributed by atoms with van der Waals surface area (Å²) in [6, 6.07) is 9.79. The highest BCUT2D eigenvalue weighted by Crippen LogP contribution is 2.36. The van der Waals surface area contributed by atoms with E-state index in [0.717, 1.165) is 25.1 Å². The van der Waals surface area contributed by atoms with Gasteiger partial charge in [-0.25, -0.2) is 0 Å². The molecule has 0 bridgehead atoms. The monoisotopic (exact) mass is 261 g/mol. The molecule has 0 aliphatic heterocycles.